The summed E-state index contributed by atoms with van der Waals surface area (Å²) in [6, 6.07) is 50.1. The van der Waals surface area contributed by atoms with E-state index in [0.717, 1.165) is 0 Å². The highest BCUT2D eigenvalue weighted by Crippen LogP contribution is 2.58. The van der Waals surface area contributed by atoms with Crippen LogP contribution in [0.1, 0.15) is 33.4 Å². The van der Waals surface area contributed by atoms with E-state index in [4.69, 9.17) is 0 Å². The van der Waals surface area contributed by atoms with Gasteiger partial charge in [0.25, 0.3) is 0 Å². The predicted octanol–water partition coefficient (Wildman–Crippen LogP) is 10.9. The molecule has 1 heterocycles. The summed E-state index contributed by atoms with van der Waals surface area (Å²) in [5.74, 6) is 0. The normalized spacial score (nSPS) is 14.1. The van der Waals surface area contributed by atoms with Crippen LogP contribution in [0.15, 0.2) is 153 Å². The van der Waals surface area contributed by atoms with Crippen LogP contribution in [0.4, 0.5) is 0 Å². The SMILES string of the molecule is Cc1ccc(C2(c3ccc(C)cc3)c3ccccc3-c3ccc(-c4cccc5c4Sc4ccccc4S5)cc32)cc1. The summed E-state index contributed by atoms with van der Waals surface area (Å²) in [4.78, 5) is 5.35. The number of rotatable bonds is 3. The van der Waals surface area contributed by atoms with Crippen LogP contribution in [-0.4, -0.2) is 0 Å². The van der Waals surface area contributed by atoms with E-state index < -0.39 is 5.41 Å². The largest absolute Gasteiger partial charge is 0.0877 e. The van der Waals surface area contributed by atoms with Crippen LogP contribution in [0.3, 0.4) is 0 Å². The first-order chi connectivity index (χ1) is 20.1. The van der Waals surface area contributed by atoms with E-state index in [9.17, 15) is 0 Å². The molecule has 0 saturated heterocycles. The molecule has 0 saturated carbocycles. The maximum absolute atomic E-state index is 2.48. The Morgan fingerprint density at radius 1 is 0.439 bits per heavy atom. The molecule has 8 rings (SSSR count). The van der Waals surface area contributed by atoms with Crippen LogP contribution < -0.4 is 0 Å². The van der Waals surface area contributed by atoms with Gasteiger partial charge in [-0.3, -0.25) is 0 Å². The molecule has 2 heteroatoms. The lowest BCUT2D eigenvalue weighted by molar-refractivity contribution is 0.768. The van der Waals surface area contributed by atoms with Gasteiger partial charge in [0, 0.05) is 19.6 Å². The van der Waals surface area contributed by atoms with Crippen molar-refractivity contribution in [1.82, 2.24) is 0 Å². The lowest BCUT2D eigenvalue weighted by Crippen LogP contribution is -2.28. The second-order valence-corrected chi connectivity index (χ2v) is 13.2. The maximum atomic E-state index is 2.48. The molecular formula is C39H28S2. The molecule has 0 bridgehead atoms. The minimum atomic E-state index is -0.396. The van der Waals surface area contributed by atoms with Gasteiger partial charge in [0.1, 0.15) is 0 Å². The second kappa shape index (κ2) is 9.55. The Balaban J connectivity index is 1.40. The molecule has 1 aliphatic heterocycles. The van der Waals surface area contributed by atoms with Crippen LogP contribution in [0.2, 0.25) is 0 Å². The zero-order valence-corrected chi connectivity index (χ0v) is 24.7. The first kappa shape index (κ1) is 24.8. The molecule has 6 aromatic carbocycles. The van der Waals surface area contributed by atoms with E-state index in [0.29, 0.717) is 0 Å². The second-order valence-electron chi connectivity index (χ2n) is 11.1. The van der Waals surface area contributed by atoms with Crippen molar-refractivity contribution in [3.8, 4) is 22.3 Å². The average molecular weight is 561 g/mol. The van der Waals surface area contributed by atoms with Crippen molar-refractivity contribution in [2.75, 3.05) is 0 Å². The van der Waals surface area contributed by atoms with Crippen LogP contribution >= 0.6 is 23.5 Å². The lowest BCUT2D eigenvalue weighted by atomic mass is 9.67. The fraction of sp³-hybridized carbons (Fsp3) is 0.0769. The van der Waals surface area contributed by atoms with E-state index in [1.165, 1.54) is 75.2 Å². The molecule has 0 nitrogen and oxygen atoms in total. The highest BCUT2D eigenvalue weighted by atomic mass is 32.2. The zero-order chi connectivity index (χ0) is 27.6. The molecule has 0 radical (unpaired) electrons. The number of aryl methyl sites for hydroxylation is 2. The van der Waals surface area contributed by atoms with Gasteiger partial charge >= 0.3 is 0 Å². The minimum Gasteiger partial charge on any atom is -0.0877 e. The fourth-order valence-corrected chi connectivity index (χ4v) is 9.02. The van der Waals surface area contributed by atoms with Gasteiger partial charge in [0.15, 0.2) is 0 Å². The maximum Gasteiger partial charge on any atom is 0.0713 e. The summed E-state index contributed by atoms with van der Waals surface area (Å²) in [7, 11) is 0. The Morgan fingerprint density at radius 2 is 1.00 bits per heavy atom. The summed E-state index contributed by atoms with van der Waals surface area (Å²) >= 11 is 3.78. The fourth-order valence-electron chi connectivity index (χ4n) is 6.62. The molecule has 1 aliphatic carbocycles. The lowest BCUT2D eigenvalue weighted by Gasteiger charge is -2.34. The number of fused-ring (bicyclic) bond motifs is 5. The van der Waals surface area contributed by atoms with Crippen molar-refractivity contribution in [3.05, 3.63) is 167 Å². The molecular weight excluding hydrogens is 533 g/mol. The quantitative estimate of drug-likeness (QED) is 0.211. The first-order valence-electron chi connectivity index (χ1n) is 14.1. The minimum absolute atomic E-state index is 0.396. The third kappa shape index (κ3) is 3.78. The van der Waals surface area contributed by atoms with Crippen molar-refractivity contribution in [2.24, 2.45) is 0 Å². The van der Waals surface area contributed by atoms with Gasteiger partial charge in [-0.25, -0.2) is 0 Å². The van der Waals surface area contributed by atoms with E-state index in [2.05, 4.69) is 147 Å². The molecule has 0 amide bonds. The molecule has 0 spiro atoms. The summed E-state index contributed by atoms with van der Waals surface area (Å²) in [5.41, 5.74) is 12.7. The van der Waals surface area contributed by atoms with Crippen molar-refractivity contribution in [1.29, 1.82) is 0 Å². The van der Waals surface area contributed by atoms with Crippen molar-refractivity contribution < 1.29 is 0 Å². The highest BCUT2D eigenvalue weighted by Gasteiger charge is 2.46. The summed E-state index contributed by atoms with van der Waals surface area (Å²) in [6.07, 6.45) is 0. The van der Waals surface area contributed by atoms with Gasteiger partial charge in [0.05, 0.1) is 5.41 Å². The molecule has 0 atom stereocenters. The van der Waals surface area contributed by atoms with Gasteiger partial charge < -0.3 is 0 Å². The van der Waals surface area contributed by atoms with E-state index in [1.54, 1.807) is 0 Å². The summed E-state index contributed by atoms with van der Waals surface area (Å²) < 4.78 is 0. The topological polar surface area (TPSA) is 0 Å². The third-order valence-corrected chi connectivity index (χ3v) is 11.2. The molecule has 41 heavy (non-hydrogen) atoms. The highest BCUT2D eigenvalue weighted by molar-refractivity contribution is 8.05. The Kier molecular flexibility index (Phi) is 5.77. The average Bonchev–Trinajstić information content (AvgIpc) is 3.31. The molecule has 6 aromatic rings. The molecule has 196 valence electrons. The monoisotopic (exact) mass is 560 g/mol. The van der Waals surface area contributed by atoms with Gasteiger partial charge in [-0.15, -0.1) is 0 Å². The first-order valence-corrected chi connectivity index (χ1v) is 15.7. The molecule has 0 unspecified atom stereocenters. The number of benzene rings is 6. The van der Waals surface area contributed by atoms with Gasteiger partial charge in [-0.2, -0.15) is 0 Å². The van der Waals surface area contributed by atoms with Gasteiger partial charge in [-0.1, -0.05) is 144 Å². The summed E-state index contributed by atoms with van der Waals surface area (Å²) in [6.45, 7) is 4.34. The van der Waals surface area contributed by atoms with Crippen molar-refractivity contribution in [2.45, 2.75) is 38.8 Å². The zero-order valence-electron chi connectivity index (χ0n) is 23.0. The summed E-state index contributed by atoms with van der Waals surface area (Å²) in [5, 5.41) is 0. The van der Waals surface area contributed by atoms with Gasteiger partial charge in [0.2, 0.25) is 0 Å². The van der Waals surface area contributed by atoms with Crippen LogP contribution in [0.25, 0.3) is 22.3 Å². The molecule has 0 fully saturated rings. The molecule has 0 N–H and O–H groups in total. The van der Waals surface area contributed by atoms with E-state index >= 15 is 0 Å². The number of hydrogen-bond donors (Lipinski definition) is 0. The van der Waals surface area contributed by atoms with E-state index in [1.807, 2.05) is 23.5 Å². The smallest absolute Gasteiger partial charge is 0.0713 e. The Bertz CT molecular complexity index is 1900. The van der Waals surface area contributed by atoms with Crippen molar-refractivity contribution >= 4 is 23.5 Å². The van der Waals surface area contributed by atoms with Crippen LogP contribution in [0, 0.1) is 13.8 Å². The third-order valence-electron chi connectivity index (χ3n) is 8.58. The van der Waals surface area contributed by atoms with Crippen molar-refractivity contribution in [3.63, 3.8) is 0 Å². The molecule has 2 aliphatic rings. The standard InChI is InChI=1S/C39H28S2/c1-25-14-19-28(20-15-25)39(29-21-16-26(2)17-22-29)33-10-4-3-8-31(33)32-23-18-27(24-34(32)39)30-9-7-13-37-38(30)41-36-12-6-5-11-35(36)40-37/h3-24H,1-2H3. The van der Waals surface area contributed by atoms with Crippen LogP contribution in [0.5, 0.6) is 0 Å². The Morgan fingerprint density at radius 3 is 1.71 bits per heavy atom. The van der Waals surface area contributed by atoms with Gasteiger partial charge in [-0.05, 0) is 82.6 Å². The Hall–Kier alpha value is -3.98. The predicted molar refractivity (Wildman–Crippen MR) is 173 cm³/mol. The van der Waals surface area contributed by atoms with E-state index in [-0.39, 0.29) is 0 Å². The number of hydrogen-bond acceptors (Lipinski definition) is 2. The molecule has 0 aromatic heterocycles. The Labute approximate surface area is 250 Å². The van der Waals surface area contributed by atoms with Crippen LogP contribution in [-0.2, 0) is 5.41 Å².